The molecule has 1 saturated heterocycles. The summed E-state index contributed by atoms with van der Waals surface area (Å²) in [5.41, 5.74) is 0.163. The van der Waals surface area contributed by atoms with Crippen LogP contribution < -0.4 is 10.6 Å². The first-order chi connectivity index (χ1) is 12.1. The molecule has 1 heterocycles. The molecule has 26 heavy (non-hydrogen) atoms. The summed E-state index contributed by atoms with van der Waals surface area (Å²) >= 11 is 0. The molecule has 0 atom stereocenters. The summed E-state index contributed by atoms with van der Waals surface area (Å²) in [5.74, 6) is 0.910. The number of aliphatic imine (C=N–C) groups is 1. The molecule has 2 fully saturated rings. The number of likely N-dealkylation sites (tertiary alicyclic amines) is 1. The van der Waals surface area contributed by atoms with Crippen molar-refractivity contribution in [1.82, 2.24) is 20.4 Å². The predicted molar refractivity (Wildman–Crippen MR) is 121 cm³/mol. The van der Waals surface area contributed by atoms with Gasteiger partial charge in [-0.15, -0.1) is 24.0 Å². The lowest BCUT2D eigenvalue weighted by molar-refractivity contribution is 0.0982. The van der Waals surface area contributed by atoms with E-state index in [4.69, 9.17) is 4.74 Å². The molecule has 0 aromatic rings. The summed E-state index contributed by atoms with van der Waals surface area (Å²) in [6.45, 7) is 11.8. The molecular weight excluding hydrogens is 441 g/mol. The zero-order valence-corrected chi connectivity index (χ0v) is 19.6. The Balaban J connectivity index is 0.00000338. The second kappa shape index (κ2) is 12.4. The maximum atomic E-state index is 5.23. The third-order valence-electron chi connectivity index (χ3n) is 5.46. The Bertz CT molecular complexity index is 409. The molecule has 0 amide bonds. The molecule has 7 heteroatoms. The summed E-state index contributed by atoms with van der Waals surface area (Å²) < 4.78 is 5.23. The van der Waals surface area contributed by atoms with E-state index in [1.54, 1.807) is 7.11 Å². The number of hydrogen-bond donors (Lipinski definition) is 2. The molecular formula is C19H40IN5O. The van der Waals surface area contributed by atoms with Crippen molar-refractivity contribution in [1.29, 1.82) is 0 Å². The van der Waals surface area contributed by atoms with Crippen LogP contribution in [0.4, 0.5) is 0 Å². The molecule has 0 aromatic heterocycles. The van der Waals surface area contributed by atoms with Gasteiger partial charge in [-0.3, -0.25) is 14.8 Å². The third-order valence-corrected chi connectivity index (χ3v) is 5.46. The molecule has 0 bridgehead atoms. The highest BCUT2D eigenvalue weighted by molar-refractivity contribution is 14.0. The average molecular weight is 481 g/mol. The Morgan fingerprint density at radius 3 is 2.42 bits per heavy atom. The van der Waals surface area contributed by atoms with Crippen LogP contribution in [-0.4, -0.2) is 87.4 Å². The van der Waals surface area contributed by atoms with Crippen LogP contribution in [0.3, 0.4) is 0 Å². The number of rotatable bonds is 10. The van der Waals surface area contributed by atoms with Gasteiger partial charge >= 0.3 is 0 Å². The van der Waals surface area contributed by atoms with Gasteiger partial charge in [-0.05, 0) is 52.6 Å². The highest BCUT2D eigenvalue weighted by atomic mass is 127. The van der Waals surface area contributed by atoms with Crippen molar-refractivity contribution >= 4 is 29.9 Å². The quantitative estimate of drug-likeness (QED) is 0.285. The standard InChI is InChI=1S/C19H39N5O.HI/c1-19(2,24-11-6-5-7-12-24)16-22-18(20-3)21-10-13-23(14-15-25-4)17-8-9-17;/h17H,5-16H2,1-4H3,(H2,20,21,22);1H. The van der Waals surface area contributed by atoms with Gasteiger partial charge in [0.05, 0.1) is 6.61 Å². The number of nitrogens with one attached hydrogen (secondary N) is 2. The minimum absolute atomic E-state index is 0. The van der Waals surface area contributed by atoms with E-state index < -0.39 is 0 Å². The van der Waals surface area contributed by atoms with Crippen LogP contribution in [-0.2, 0) is 4.74 Å². The number of piperidine rings is 1. The van der Waals surface area contributed by atoms with Gasteiger partial charge in [-0.1, -0.05) is 6.42 Å². The van der Waals surface area contributed by atoms with E-state index in [2.05, 4.69) is 39.3 Å². The lowest BCUT2D eigenvalue weighted by Gasteiger charge is -2.41. The van der Waals surface area contributed by atoms with Crippen molar-refractivity contribution in [2.75, 3.05) is 60.0 Å². The maximum Gasteiger partial charge on any atom is 0.191 e. The van der Waals surface area contributed by atoms with Crippen LogP contribution in [0.15, 0.2) is 4.99 Å². The Hall–Kier alpha value is -0.120. The Labute approximate surface area is 177 Å². The minimum atomic E-state index is 0. The smallest absolute Gasteiger partial charge is 0.191 e. The number of nitrogens with zero attached hydrogens (tertiary/aromatic N) is 3. The Kier molecular flexibility index (Phi) is 11.4. The van der Waals surface area contributed by atoms with E-state index in [0.29, 0.717) is 0 Å². The van der Waals surface area contributed by atoms with Crippen LogP contribution in [0.1, 0.15) is 46.0 Å². The van der Waals surface area contributed by atoms with E-state index in [9.17, 15) is 0 Å². The van der Waals surface area contributed by atoms with Crippen molar-refractivity contribution < 1.29 is 4.74 Å². The monoisotopic (exact) mass is 481 g/mol. The molecule has 0 unspecified atom stereocenters. The summed E-state index contributed by atoms with van der Waals surface area (Å²) in [5, 5.41) is 7.00. The third kappa shape index (κ3) is 8.27. The molecule has 2 aliphatic rings. The molecule has 2 rings (SSSR count). The summed E-state index contributed by atoms with van der Waals surface area (Å²) in [6, 6.07) is 0.768. The van der Waals surface area contributed by atoms with Crippen LogP contribution in [0, 0.1) is 0 Å². The van der Waals surface area contributed by atoms with Crippen LogP contribution in [0.5, 0.6) is 0 Å². The van der Waals surface area contributed by atoms with Crippen LogP contribution in [0.25, 0.3) is 0 Å². The second-order valence-corrected chi connectivity index (χ2v) is 7.97. The first kappa shape index (κ1) is 23.9. The van der Waals surface area contributed by atoms with Gasteiger partial charge in [0.1, 0.15) is 0 Å². The van der Waals surface area contributed by atoms with Crippen molar-refractivity contribution in [2.24, 2.45) is 4.99 Å². The lowest BCUT2D eigenvalue weighted by Crippen LogP contribution is -2.55. The molecule has 1 aliphatic carbocycles. The normalized spacial score (nSPS) is 19.3. The number of guanidine groups is 1. The number of methoxy groups -OCH3 is 1. The topological polar surface area (TPSA) is 52.1 Å². The summed E-state index contributed by atoms with van der Waals surface area (Å²) in [4.78, 5) is 9.53. The zero-order valence-electron chi connectivity index (χ0n) is 17.2. The first-order valence-corrected chi connectivity index (χ1v) is 9.99. The Morgan fingerprint density at radius 1 is 1.15 bits per heavy atom. The molecule has 2 N–H and O–H groups in total. The van der Waals surface area contributed by atoms with Crippen molar-refractivity contribution in [3.8, 4) is 0 Å². The van der Waals surface area contributed by atoms with Gasteiger partial charge in [-0.2, -0.15) is 0 Å². The van der Waals surface area contributed by atoms with Crippen LogP contribution in [0.2, 0.25) is 0 Å². The summed E-state index contributed by atoms with van der Waals surface area (Å²) in [7, 11) is 3.63. The minimum Gasteiger partial charge on any atom is -0.383 e. The molecule has 6 nitrogen and oxygen atoms in total. The number of ether oxygens (including phenoxy) is 1. The van der Waals surface area contributed by atoms with Crippen molar-refractivity contribution in [3.05, 3.63) is 0 Å². The lowest BCUT2D eigenvalue weighted by atomic mass is 9.98. The first-order valence-electron chi connectivity index (χ1n) is 9.99. The van der Waals surface area contributed by atoms with Gasteiger partial charge in [-0.25, -0.2) is 0 Å². The van der Waals surface area contributed by atoms with E-state index in [1.807, 2.05) is 7.05 Å². The van der Waals surface area contributed by atoms with Gasteiger partial charge in [0, 0.05) is 51.9 Å². The van der Waals surface area contributed by atoms with Gasteiger partial charge in [0.2, 0.25) is 0 Å². The highest BCUT2D eigenvalue weighted by Gasteiger charge is 2.29. The van der Waals surface area contributed by atoms with Gasteiger partial charge < -0.3 is 15.4 Å². The highest BCUT2D eigenvalue weighted by Crippen LogP contribution is 2.26. The van der Waals surface area contributed by atoms with Crippen LogP contribution >= 0.6 is 24.0 Å². The number of halogens is 1. The molecule has 0 aromatic carbocycles. The van der Waals surface area contributed by atoms with Gasteiger partial charge in [0.15, 0.2) is 5.96 Å². The van der Waals surface area contributed by atoms with E-state index in [0.717, 1.165) is 44.8 Å². The van der Waals surface area contributed by atoms with Crippen molar-refractivity contribution in [2.45, 2.75) is 57.5 Å². The number of hydrogen-bond acceptors (Lipinski definition) is 4. The SMILES string of the molecule is CN=C(NCCN(CCOC)C1CC1)NCC(C)(C)N1CCCCC1.I. The molecule has 1 saturated carbocycles. The molecule has 1 aliphatic heterocycles. The fourth-order valence-corrected chi connectivity index (χ4v) is 3.57. The molecule has 0 radical (unpaired) electrons. The zero-order chi connectivity index (χ0) is 18.1. The van der Waals surface area contributed by atoms with Crippen molar-refractivity contribution in [3.63, 3.8) is 0 Å². The summed E-state index contributed by atoms with van der Waals surface area (Å²) in [6.07, 6.45) is 6.70. The van der Waals surface area contributed by atoms with E-state index >= 15 is 0 Å². The predicted octanol–water partition coefficient (Wildman–Crippen LogP) is 2.14. The fraction of sp³-hybridized carbons (Fsp3) is 0.947. The molecule has 0 spiro atoms. The Morgan fingerprint density at radius 2 is 1.85 bits per heavy atom. The fourth-order valence-electron chi connectivity index (χ4n) is 3.57. The second-order valence-electron chi connectivity index (χ2n) is 7.97. The molecule has 154 valence electrons. The average Bonchev–Trinajstić information content (AvgIpc) is 3.46. The van der Waals surface area contributed by atoms with E-state index in [-0.39, 0.29) is 29.5 Å². The largest absolute Gasteiger partial charge is 0.383 e. The van der Waals surface area contributed by atoms with Gasteiger partial charge in [0.25, 0.3) is 0 Å². The van der Waals surface area contributed by atoms with E-state index in [1.165, 1.54) is 45.2 Å². The maximum absolute atomic E-state index is 5.23.